The van der Waals surface area contributed by atoms with Gasteiger partial charge in [-0.1, -0.05) is 0 Å². The fraction of sp³-hybridized carbons (Fsp3) is 0.667. The van der Waals surface area contributed by atoms with Crippen LogP contribution in [-0.4, -0.2) is 70.3 Å². The Morgan fingerprint density at radius 1 is 1.35 bits per heavy atom. The maximum absolute atomic E-state index is 11.7. The lowest BCUT2D eigenvalue weighted by Gasteiger charge is -2.29. The van der Waals surface area contributed by atoms with E-state index in [1.54, 1.807) is 14.1 Å². The molecule has 0 aromatic heterocycles. The van der Waals surface area contributed by atoms with Gasteiger partial charge in [0.25, 0.3) is 0 Å². The van der Waals surface area contributed by atoms with Crippen molar-refractivity contribution in [1.82, 2.24) is 20.0 Å². The fourth-order valence-corrected chi connectivity index (χ4v) is 2.25. The Kier molecular flexibility index (Phi) is 2.37. The summed E-state index contributed by atoms with van der Waals surface area (Å²) in [6.45, 7) is 1.42. The average molecular weight is 242 g/mol. The third-order valence-corrected chi connectivity index (χ3v) is 3.27. The first kappa shape index (κ1) is 11.5. The number of hydrogen-bond donors (Lipinski definition) is 2. The smallest absolute Gasteiger partial charge is 0.326 e. The lowest BCUT2D eigenvalue weighted by atomic mass is 10.2. The second-order valence-corrected chi connectivity index (χ2v) is 4.23. The van der Waals surface area contributed by atoms with Crippen LogP contribution in [0, 0.1) is 0 Å². The molecule has 0 aromatic carbocycles. The molecule has 2 rings (SSSR count). The number of urea groups is 2. The number of amides is 4. The fourth-order valence-electron chi connectivity index (χ4n) is 2.25. The number of hydrogen-bond acceptors (Lipinski definition) is 3. The van der Waals surface area contributed by atoms with E-state index in [1.807, 2.05) is 0 Å². The predicted molar refractivity (Wildman–Crippen MR) is 56.0 cm³/mol. The highest BCUT2D eigenvalue weighted by Gasteiger charge is 2.54. The minimum Gasteiger partial charge on any atom is -0.480 e. The van der Waals surface area contributed by atoms with Crippen molar-refractivity contribution in [2.24, 2.45) is 0 Å². The first-order valence-electron chi connectivity index (χ1n) is 5.17. The van der Waals surface area contributed by atoms with Gasteiger partial charge in [-0.3, -0.25) is 4.90 Å². The number of nitrogens with one attached hydrogen (secondary N) is 1. The average Bonchev–Trinajstić information content (AvgIpc) is 2.70. The molecular weight excluding hydrogens is 228 g/mol. The van der Waals surface area contributed by atoms with E-state index in [1.165, 1.54) is 21.6 Å². The van der Waals surface area contributed by atoms with Gasteiger partial charge in [0.1, 0.15) is 18.4 Å². The number of fused-ring (bicyclic) bond motifs is 1. The Labute approximate surface area is 97.8 Å². The number of carbonyl (C=O) groups is 3. The van der Waals surface area contributed by atoms with Crippen LogP contribution < -0.4 is 5.32 Å². The molecule has 2 fully saturated rings. The highest BCUT2D eigenvalue weighted by Crippen LogP contribution is 2.28. The normalized spacial score (nSPS) is 29.5. The van der Waals surface area contributed by atoms with E-state index in [2.05, 4.69) is 5.32 Å². The summed E-state index contributed by atoms with van der Waals surface area (Å²) < 4.78 is 0. The van der Waals surface area contributed by atoms with Crippen LogP contribution in [0.2, 0.25) is 0 Å². The van der Waals surface area contributed by atoms with E-state index in [9.17, 15) is 14.4 Å². The monoisotopic (exact) mass is 242 g/mol. The minimum atomic E-state index is -1.10. The lowest BCUT2D eigenvalue weighted by Crippen LogP contribution is -2.51. The van der Waals surface area contributed by atoms with Crippen molar-refractivity contribution in [3.8, 4) is 0 Å². The lowest BCUT2D eigenvalue weighted by molar-refractivity contribution is -0.142. The number of carboxylic acids is 1. The zero-order valence-electron chi connectivity index (χ0n) is 9.75. The van der Waals surface area contributed by atoms with Crippen LogP contribution in [0.3, 0.4) is 0 Å². The van der Waals surface area contributed by atoms with Crippen molar-refractivity contribution in [2.45, 2.75) is 25.3 Å². The number of rotatable bonds is 2. The maximum Gasteiger partial charge on any atom is 0.326 e. The summed E-state index contributed by atoms with van der Waals surface area (Å²) in [5.74, 6) is -1.10. The molecule has 2 aliphatic rings. The molecule has 94 valence electrons. The van der Waals surface area contributed by atoms with Gasteiger partial charge in [-0.25, -0.2) is 14.4 Å². The van der Waals surface area contributed by atoms with E-state index in [0.29, 0.717) is 0 Å². The second-order valence-electron chi connectivity index (χ2n) is 4.23. The Morgan fingerprint density at radius 2 is 1.94 bits per heavy atom. The predicted octanol–water partition coefficient (Wildman–Crippen LogP) is -0.866. The van der Waals surface area contributed by atoms with Gasteiger partial charge in [0.15, 0.2) is 0 Å². The molecule has 0 radical (unpaired) electrons. The summed E-state index contributed by atoms with van der Waals surface area (Å²) in [5.41, 5.74) is 0. The zero-order valence-corrected chi connectivity index (χ0v) is 9.75. The standard InChI is InChI=1S/C9H14N4O4/c1-4(7(14)15)13-6-5(10-8(13)16)11(2)9(17)12(6)3/h4-6H,1-3H3,(H,10,16)(H,14,15)/t4-,5-,6+/m1/s1. The van der Waals surface area contributed by atoms with Crippen LogP contribution in [0.4, 0.5) is 9.59 Å². The maximum atomic E-state index is 11.7. The van der Waals surface area contributed by atoms with Crippen LogP contribution in [-0.2, 0) is 4.79 Å². The van der Waals surface area contributed by atoms with Crippen LogP contribution >= 0.6 is 0 Å². The van der Waals surface area contributed by atoms with Gasteiger partial charge in [0.05, 0.1) is 0 Å². The van der Waals surface area contributed by atoms with Gasteiger partial charge < -0.3 is 20.2 Å². The molecule has 4 amide bonds. The summed E-state index contributed by atoms with van der Waals surface area (Å²) in [4.78, 5) is 38.3. The number of aliphatic carboxylic acids is 1. The molecule has 0 spiro atoms. The number of likely N-dealkylation sites (N-methyl/N-ethyl adjacent to an activating group) is 2. The SMILES string of the molecule is C[C@H](C(=O)O)N1C(=O)N[C@H]2[C@H]1N(C)C(=O)N2C. The topological polar surface area (TPSA) is 93.2 Å². The van der Waals surface area contributed by atoms with Crippen molar-refractivity contribution in [3.63, 3.8) is 0 Å². The summed E-state index contributed by atoms with van der Waals surface area (Å²) in [5, 5.41) is 11.6. The first-order chi connectivity index (χ1) is 7.86. The van der Waals surface area contributed by atoms with Gasteiger partial charge in [-0.2, -0.15) is 0 Å². The summed E-state index contributed by atoms with van der Waals surface area (Å²) in [7, 11) is 3.12. The Morgan fingerprint density at radius 3 is 2.47 bits per heavy atom. The zero-order chi connectivity index (χ0) is 12.9. The van der Waals surface area contributed by atoms with Crippen LogP contribution in [0.5, 0.6) is 0 Å². The molecule has 8 nitrogen and oxygen atoms in total. The molecule has 2 heterocycles. The molecule has 0 unspecified atom stereocenters. The third kappa shape index (κ3) is 1.40. The Hall–Kier alpha value is -1.99. The largest absolute Gasteiger partial charge is 0.480 e. The van der Waals surface area contributed by atoms with Gasteiger partial charge in [-0.15, -0.1) is 0 Å². The van der Waals surface area contributed by atoms with Crippen molar-refractivity contribution in [3.05, 3.63) is 0 Å². The molecule has 2 saturated heterocycles. The van der Waals surface area contributed by atoms with Gasteiger partial charge >= 0.3 is 18.0 Å². The van der Waals surface area contributed by atoms with E-state index >= 15 is 0 Å². The summed E-state index contributed by atoms with van der Waals surface area (Å²) >= 11 is 0. The van der Waals surface area contributed by atoms with Crippen LogP contribution in [0.1, 0.15) is 6.92 Å². The molecule has 3 atom stereocenters. The number of carboxylic acid groups (broad SMARTS) is 1. The van der Waals surface area contributed by atoms with E-state index in [-0.39, 0.29) is 6.03 Å². The van der Waals surface area contributed by atoms with E-state index in [0.717, 1.165) is 0 Å². The summed E-state index contributed by atoms with van der Waals surface area (Å²) in [6, 6.07) is -1.70. The number of carbonyl (C=O) groups excluding carboxylic acids is 2. The molecule has 2 aliphatic heterocycles. The second kappa shape index (κ2) is 3.51. The molecule has 0 aliphatic carbocycles. The Balaban J connectivity index is 2.33. The molecule has 17 heavy (non-hydrogen) atoms. The third-order valence-electron chi connectivity index (χ3n) is 3.27. The summed E-state index contributed by atoms with van der Waals surface area (Å²) in [6.07, 6.45) is -1.08. The van der Waals surface area contributed by atoms with Gasteiger partial charge in [0.2, 0.25) is 0 Å². The quantitative estimate of drug-likeness (QED) is 0.658. The molecule has 0 saturated carbocycles. The van der Waals surface area contributed by atoms with Gasteiger partial charge in [0, 0.05) is 14.1 Å². The number of nitrogens with zero attached hydrogens (tertiary/aromatic N) is 3. The molecule has 0 aromatic rings. The molecule has 0 bridgehead atoms. The molecule has 2 N–H and O–H groups in total. The van der Waals surface area contributed by atoms with Crippen molar-refractivity contribution in [1.29, 1.82) is 0 Å². The van der Waals surface area contributed by atoms with Crippen molar-refractivity contribution in [2.75, 3.05) is 14.1 Å². The van der Waals surface area contributed by atoms with Gasteiger partial charge in [-0.05, 0) is 6.92 Å². The highest BCUT2D eigenvalue weighted by molar-refractivity contribution is 5.88. The molecular formula is C9H14N4O4. The molecule has 8 heteroatoms. The Bertz CT molecular complexity index is 398. The van der Waals surface area contributed by atoms with Crippen LogP contribution in [0.25, 0.3) is 0 Å². The van der Waals surface area contributed by atoms with Crippen LogP contribution in [0.15, 0.2) is 0 Å². The van der Waals surface area contributed by atoms with E-state index in [4.69, 9.17) is 5.11 Å². The van der Waals surface area contributed by atoms with Crippen molar-refractivity contribution >= 4 is 18.0 Å². The minimum absolute atomic E-state index is 0.248. The van der Waals surface area contributed by atoms with Crippen molar-refractivity contribution < 1.29 is 19.5 Å². The first-order valence-corrected chi connectivity index (χ1v) is 5.17. The highest BCUT2D eigenvalue weighted by atomic mass is 16.4. The van der Waals surface area contributed by atoms with E-state index < -0.39 is 30.4 Å².